The molecule has 0 radical (unpaired) electrons. The van der Waals surface area contributed by atoms with E-state index < -0.39 is 5.95 Å². The van der Waals surface area contributed by atoms with Crippen molar-refractivity contribution in [2.75, 3.05) is 5.32 Å². The molecule has 2 aromatic carbocycles. The standard InChI is InChI=1S/C19H13F2N3S/c20-15-3-1-2-12(8-15)11-23-19-24-16-5-4-13(9-17(16)25-19)14-6-7-22-18(21)10-14/h1-10H,11H2,(H,23,24). The smallest absolute Gasteiger partial charge is 0.213 e. The molecule has 4 rings (SSSR count). The van der Waals surface area contributed by atoms with Crippen LogP contribution in [0, 0.1) is 11.8 Å². The monoisotopic (exact) mass is 353 g/mol. The Bertz CT molecular complexity index is 1050. The number of nitrogens with one attached hydrogen (secondary N) is 1. The number of aromatic nitrogens is 2. The fourth-order valence-corrected chi connectivity index (χ4v) is 3.49. The van der Waals surface area contributed by atoms with Crippen molar-refractivity contribution in [1.29, 1.82) is 0 Å². The number of hydrogen-bond acceptors (Lipinski definition) is 4. The minimum atomic E-state index is -0.501. The van der Waals surface area contributed by atoms with Gasteiger partial charge in [-0.1, -0.05) is 29.5 Å². The second-order valence-corrected chi connectivity index (χ2v) is 6.58. The SMILES string of the molecule is Fc1cccc(CNc2nc3ccc(-c4ccnc(F)c4)cc3s2)c1. The van der Waals surface area contributed by atoms with Crippen LogP contribution < -0.4 is 5.32 Å². The molecule has 4 aromatic rings. The predicted octanol–water partition coefficient (Wildman–Crippen LogP) is 5.25. The highest BCUT2D eigenvalue weighted by Gasteiger charge is 2.07. The second-order valence-electron chi connectivity index (χ2n) is 5.55. The molecule has 25 heavy (non-hydrogen) atoms. The van der Waals surface area contributed by atoms with Crippen molar-refractivity contribution >= 4 is 26.7 Å². The maximum Gasteiger partial charge on any atom is 0.213 e. The van der Waals surface area contributed by atoms with E-state index in [0.29, 0.717) is 6.54 Å². The molecule has 0 fully saturated rings. The van der Waals surface area contributed by atoms with Crippen LogP contribution in [-0.2, 0) is 6.54 Å². The molecule has 6 heteroatoms. The number of fused-ring (bicyclic) bond motifs is 1. The van der Waals surface area contributed by atoms with E-state index in [2.05, 4.69) is 15.3 Å². The first-order chi connectivity index (χ1) is 12.2. The van der Waals surface area contributed by atoms with E-state index in [0.717, 1.165) is 32.0 Å². The maximum atomic E-state index is 13.3. The first-order valence-electron chi connectivity index (χ1n) is 7.68. The maximum absolute atomic E-state index is 13.3. The number of benzene rings is 2. The average molecular weight is 353 g/mol. The third-order valence-electron chi connectivity index (χ3n) is 3.78. The Morgan fingerprint density at radius 2 is 1.84 bits per heavy atom. The largest absolute Gasteiger partial charge is 0.357 e. The summed E-state index contributed by atoms with van der Waals surface area (Å²) in [7, 11) is 0. The fraction of sp³-hybridized carbons (Fsp3) is 0.0526. The van der Waals surface area contributed by atoms with Crippen LogP contribution in [0.3, 0.4) is 0 Å². The van der Waals surface area contributed by atoms with E-state index in [1.165, 1.54) is 35.7 Å². The van der Waals surface area contributed by atoms with Gasteiger partial charge < -0.3 is 5.32 Å². The van der Waals surface area contributed by atoms with Crippen LogP contribution in [0.2, 0.25) is 0 Å². The summed E-state index contributed by atoms with van der Waals surface area (Å²) < 4.78 is 27.5. The lowest BCUT2D eigenvalue weighted by Crippen LogP contribution is -1.98. The quantitative estimate of drug-likeness (QED) is 0.509. The first-order valence-corrected chi connectivity index (χ1v) is 8.50. The highest BCUT2D eigenvalue weighted by atomic mass is 32.1. The predicted molar refractivity (Wildman–Crippen MR) is 96.5 cm³/mol. The number of anilines is 1. The van der Waals surface area contributed by atoms with Gasteiger partial charge in [0.1, 0.15) is 5.82 Å². The summed E-state index contributed by atoms with van der Waals surface area (Å²) in [4.78, 5) is 8.11. The summed E-state index contributed by atoms with van der Waals surface area (Å²) in [5.74, 6) is -0.753. The molecular weight excluding hydrogens is 340 g/mol. The van der Waals surface area contributed by atoms with Gasteiger partial charge in [0.2, 0.25) is 5.95 Å². The van der Waals surface area contributed by atoms with Crippen molar-refractivity contribution in [2.45, 2.75) is 6.54 Å². The fourth-order valence-electron chi connectivity index (χ4n) is 2.59. The molecule has 0 amide bonds. The molecule has 0 spiro atoms. The molecule has 2 aromatic heterocycles. The van der Waals surface area contributed by atoms with E-state index in [-0.39, 0.29) is 5.82 Å². The Labute approximate surface area is 147 Å². The summed E-state index contributed by atoms with van der Waals surface area (Å²) in [5.41, 5.74) is 3.41. The lowest BCUT2D eigenvalue weighted by Gasteiger charge is -2.02. The van der Waals surface area contributed by atoms with Crippen molar-refractivity contribution in [2.24, 2.45) is 0 Å². The highest BCUT2D eigenvalue weighted by molar-refractivity contribution is 7.22. The van der Waals surface area contributed by atoms with Gasteiger partial charge in [-0.3, -0.25) is 0 Å². The minimum Gasteiger partial charge on any atom is -0.357 e. The van der Waals surface area contributed by atoms with Gasteiger partial charge in [-0.05, 0) is 47.0 Å². The van der Waals surface area contributed by atoms with Crippen LogP contribution in [0.25, 0.3) is 21.3 Å². The molecule has 0 bridgehead atoms. The molecule has 3 nitrogen and oxygen atoms in total. The summed E-state index contributed by atoms with van der Waals surface area (Å²) >= 11 is 1.51. The third kappa shape index (κ3) is 3.49. The van der Waals surface area contributed by atoms with Crippen molar-refractivity contribution in [3.63, 3.8) is 0 Å². The average Bonchev–Trinajstić information content (AvgIpc) is 3.02. The van der Waals surface area contributed by atoms with Crippen LogP contribution in [0.5, 0.6) is 0 Å². The van der Waals surface area contributed by atoms with E-state index in [9.17, 15) is 8.78 Å². The van der Waals surface area contributed by atoms with E-state index in [1.54, 1.807) is 12.1 Å². The molecule has 0 atom stereocenters. The number of halogens is 2. The number of pyridine rings is 1. The zero-order valence-corrected chi connectivity index (χ0v) is 13.9. The third-order valence-corrected chi connectivity index (χ3v) is 4.76. The van der Waals surface area contributed by atoms with Crippen LogP contribution >= 0.6 is 11.3 Å². The zero-order chi connectivity index (χ0) is 17.2. The molecule has 0 saturated carbocycles. The van der Waals surface area contributed by atoms with Gasteiger partial charge in [0, 0.05) is 18.8 Å². The molecule has 0 aliphatic carbocycles. The first kappa shape index (κ1) is 15.7. The molecule has 124 valence electrons. The Kier molecular flexibility index (Phi) is 4.11. The van der Waals surface area contributed by atoms with Crippen molar-refractivity contribution in [3.05, 3.63) is 78.1 Å². The Hall–Kier alpha value is -2.86. The molecule has 0 unspecified atom stereocenters. The lowest BCUT2D eigenvalue weighted by atomic mass is 10.1. The van der Waals surface area contributed by atoms with Gasteiger partial charge in [-0.2, -0.15) is 4.39 Å². The van der Waals surface area contributed by atoms with E-state index in [4.69, 9.17) is 0 Å². The highest BCUT2D eigenvalue weighted by Crippen LogP contribution is 2.30. The number of rotatable bonds is 4. The summed E-state index contributed by atoms with van der Waals surface area (Å²) in [6.07, 6.45) is 1.45. The Morgan fingerprint density at radius 3 is 2.68 bits per heavy atom. The normalized spacial score (nSPS) is 11.0. The van der Waals surface area contributed by atoms with Crippen molar-refractivity contribution in [3.8, 4) is 11.1 Å². The van der Waals surface area contributed by atoms with Gasteiger partial charge in [0.25, 0.3) is 0 Å². The Morgan fingerprint density at radius 1 is 0.960 bits per heavy atom. The topological polar surface area (TPSA) is 37.8 Å². The number of thiazole rings is 1. The zero-order valence-electron chi connectivity index (χ0n) is 13.0. The molecule has 2 heterocycles. The van der Waals surface area contributed by atoms with Crippen LogP contribution in [0.4, 0.5) is 13.9 Å². The summed E-state index contributed by atoms with van der Waals surface area (Å²) in [5, 5.41) is 3.98. The van der Waals surface area contributed by atoms with Crippen molar-refractivity contribution < 1.29 is 8.78 Å². The van der Waals surface area contributed by atoms with E-state index >= 15 is 0 Å². The van der Waals surface area contributed by atoms with Gasteiger partial charge >= 0.3 is 0 Å². The molecule has 0 saturated heterocycles. The molecular formula is C19H13F2N3S. The Balaban J connectivity index is 1.58. The van der Waals surface area contributed by atoms with E-state index in [1.807, 2.05) is 24.3 Å². The van der Waals surface area contributed by atoms with Gasteiger partial charge in [-0.25, -0.2) is 14.4 Å². The van der Waals surface area contributed by atoms with Crippen LogP contribution in [0.15, 0.2) is 60.8 Å². The minimum absolute atomic E-state index is 0.252. The number of nitrogens with zero attached hydrogens (tertiary/aromatic N) is 2. The van der Waals surface area contributed by atoms with Gasteiger partial charge in [0.05, 0.1) is 10.2 Å². The van der Waals surface area contributed by atoms with Crippen LogP contribution in [-0.4, -0.2) is 9.97 Å². The second kappa shape index (κ2) is 6.57. The van der Waals surface area contributed by atoms with Gasteiger partial charge in [-0.15, -0.1) is 0 Å². The summed E-state index contributed by atoms with van der Waals surface area (Å²) in [6.45, 7) is 0.500. The molecule has 0 aliphatic rings. The lowest BCUT2D eigenvalue weighted by molar-refractivity contribution is 0.584. The van der Waals surface area contributed by atoms with Crippen molar-refractivity contribution in [1.82, 2.24) is 9.97 Å². The molecule has 1 N–H and O–H groups in total. The van der Waals surface area contributed by atoms with Crippen LogP contribution in [0.1, 0.15) is 5.56 Å². The number of hydrogen-bond donors (Lipinski definition) is 1. The molecule has 0 aliphatic heterocycles. The summed E-state index contributed by atoms with van der Waals surface area (Å²) in [6, 6.07) is 15.4. The van der Waals surface area contributed by atoms with Gasteiger partial charge in [0.15, 0.2) is 5.13 Å².